The van der Waals surface area contributed by atoms with Crippen LogP contribution in [-0.4, -0.2) is 42.7 Å². The lowest BCUT2D eigenvalue weighted by Crippen LogP contribution is -2.28. The Morgan fingerprint density at radius 1 is 1.25 bits per heavy atom. The van der Waals surface area contributed by atoms with Gasteiger partial charge < -0.3 is 14.8 Å². The van der Waals surface area contributed by atoms with Gasteiger partial charge in [0.25, 0.3) is 17.7 Å². The normalized spacial score (nSPS) is 24.1. The number of methoxy groups -OCH3 is 1. The Balaban J connectivity index is 1.31. The van der Waals surface area contributed by atoms with Crippen molar-refractivity contribution in [2.75, 3.05) is 19.0 Å². The largest absolute Gasteiger partial charge is 0.493 e. The highest BCUT2D eigenvalue weighted by Gasteiger charge is 2.59. The molecule has 2 aromatic rings. The van der Waals surface area contributed by atoms with Crippen molar-refractivity contribution in [3.63, 3.8) is 0 Å². The molecule has 11 heteroatoms. The predicted molar refractivity (Wildman–Crippen MR) is 133 cm³/mol. The van der Waals surface area contributed by atoms with E-state index in [0.29, 0.717) is 10.0 Å². The quantitative estimate of drug-likeness (QED) is 0.299. The first-order valence-electron chi connectivity index (χ1n) is 11.1. The van der Waals surface area contributed by atoms with E-state index in [1.165, 1.54) is 31.5 Å². The van der Waals surface area contributed by atoms with Gasteiger partial charge in [-0.15, -0.1) is 0 Å². The number of carbonyl (C=O) groups excluding carboxylic acids is 3. The summed E-state index contributed by atoms with van der Waals surface area (Å²) in [6, 6.07) is 7.30. The van der Waals surface area contributed by atoms with Crippen LogP contribution in [0.3, 0.4) is 0 Å². The van der Waals surface area contributed by atoms with Crippen LogP contribution in [0.2, 0.25) is 5.02 Å². The number of halogens is 3. The maximum atomic E-state index is 13.8. The van der Waals surface area contributed by atoms with E-state index in [0.717, 1.165) is 11.4 Å². The zero-order valence-electron chi connectivity index (χ0n) is 18.9. The molecule has 36 heavy (non-hydrogen) atoms. The second-order valence-corrected chi connectivity index (χ2v) is 9.85. The summed E-state index contributed by atoms with van der Waals surface area (Å²) in [4.78, 5) is 38.0. The van der Waals surface area contributed by atoms with Crippen LogP contribution in [0.1, 0.15) is 12.0 Å². The van der Waals surface area contributed by atoms with Crippen molar-refractivity contribution < 1.29 is 28.2 Å². The van der Waals surface area contributed by atoms with Crippen molar-refractivity contribution in [3.8, 4) is 11.5 Å². The summed E-state index contributed by atoms with van der Waals surface area (Å²) in [6.45, 7) is -0.458. The summed E-state index contributed by atoms with van der Waals surface area (Å²) in [5.74, 6) is -2.01. The highest BCUT2D eigenvalue weighted by atomic mass is 79.9. The molecule has 1 saturated heterocycles. The van der Waals surface area contributed by atoms with Gasteiger partial charge in [-0.2, -0.15) is 10.1 Å². The summed E-state index contributed by atoms with van der Waals surface area (Å²) in [6.07, 6.45) is 6.21. The smallest absolute Gasteiger partial charge is 0.262 e. The first-order valence-corrected chi connectivity index (χ1v) is 12.3. The van der Waals surface area contributed by atoms with Crippen LogP contribution in [0, 0.1) is 29.5 Å². The molecule has 0 aromatic heterocycles. The zero-order valence-corrected chi connectivity index (χ0v) is 21.3. The SMILES string of the molecule is COc1cc(C=NN2C(=O)[C@@H]3[C@H](C2=O)[C@H]2C=C[C@H]3C2)c(Br)c(Cl)c1OCC(=O)Nc1ccccc1F. The molecular weight excluding hydrogens is 557 g/mol. The molecule has 2 fully saturated rings. The summed E-state index contributed by atoms with van der Waals surface area (Å²) < 4.78 is 25.1. The van der Waals surface area contributed by atoms with Crippen molar-refractivity contribution in [2.24, 2.45) is 28.8 Å². The Kier molecular flexibility index (Phi) is 6.57. The van der Waals surface area contributed by atoms with E-state index in [1.807, 2.05) is 12.2 Å². The summed E-state index contributed by atoms with van der Waals surface area (Å²) in [5.41, 5.74) is 0.453. The van der Waals surface area contributed by atoms with Crippen LogP contribution in [0.5, 0.6) is 11.5 Å². The molecule has 3 aliphatic rings. The molecule has 0 spiro atoms. The summed E-state index contributed by atoms with van der Waals surface area (Å²) in [7, 11) is 1.39. The number of carbonyl (C=O) groups is 3. The number of ether oxygens (including phenoxy) is 2. The fourth-order valence-corrected chi connectivity index (χ4v) is 5.65. The molecular formula is C25H20BrClFN3O5. The number of nitrogens with one attached hydrogen (secondary N) is 1. The van der Waals surface area contributed by atoms with Crippen molar-refractivity contribution in [1.29, 1.82) is 0 Å². The van der Waals surface area contributed by atoms with Crippen LogP contribution in [-0.2, 0) is 14.4 Å². The number of anilines is 1. The van der Waals surface area contributed by atoms with Gasteiger partial charge in [-0.05, 0) is 52.4 Å². The molecule has 1 saturated carbocycles. The zero-order chi connectivity index (χ0) is 25.6. The van der Waals surface area contributed by atoms with Crippen molar-refractivity contribution in [3.05, 3.63) is 63.4 Å². The summed E-state index contributed by atoms with van der Waals surface area (Å²) in [5, 5.41) is 7.62. The monoisotopic (exact) mass is 575 g/mol. The number of imide groups is 1. The highest BCUT2D eigenvalue weighted by Crippen LogP contribution is 2.52. The van der Waals surface area contributed by atoms with Crippen LogP contribution in [0.15, 0.2) is 52.1 Å². The fourth-order valence-electron chi connectivity index (χ4n) is 4.99. The Bertz CT molecular complexity index is 1300. The number of hydrogen-bond donors (Lipinski definition) is 1. The van der Waals surface area contributed by atoms with E-state index in [9.17, 15) is 18.8 Å². The average Bonchev–Trinajstić information content (AvgIpc) is 3.55. The molecule has 0 radical (unpaired) electrons. The molecule has 5 rings (SSSR count). The lowest BCUT2D eigenvalue weighted by Gasteiger charge is -2.15. The maximum absolute atomic E-state index is 13.8. The molecule has 186 valence electrons. The Morgan fingerprint density at radius 2 is 1.92 bits per heavy atom. The van der Waals surface area contributed by atoms with E-state index in [4.69, 9.17) is 21.1 Å². The van der Waals surface area contributed by atoms with E-state index in [1.54, 1.807) is 12.1 Å². The highest BCUT2D eigenvalue weighted by molar-refractivity contribution is 9.10. The first kappa shape index (κ1) is 24.5. The lowest BCUT2D eigenvalue weighted by molar-refractivity contribution is -0.140. The lowest BCUT2D eigenvalue weighted by atomic mass is 9.85. The van der Waals surface area contributed by atoms with Gasteiger partial charge in [-0.25, -0.2) is 4.39 Å². The third kappa shape index (κ3) is 4.18. The number of hydrazone groups is 1. The maximum Gasteiger partial charge on any atom is 0.262 e. The van der Waals surface area contributed by atoms with Crippen molar-refractivity contribution in [1.82, 2.24) is 5.01 Å². The van der Waals surface area contributed by atoms with Crippen molar-refractivity contribution in [2.45, 2.75) is 6.42 Å². The molecule has 0 unspecified atom stereocenters. The molecule has 1 aliphatic heterocycles. The molecule has 1 N–H and O–H groups in total. The Labute approximate surface area is 219 Å². The number of benzene rings is 2. The van der Waals surface area contributed by atoms with E-state index < -0.39 is 18.3 Å². The standard InChI is InChI=1S/C25H20BrClFN3O5/c1-35-17-9-14(10-29-31-24(33)19-12-6-7-13(8-12)20(19)25(31)34)21(26)22(27)23(17)36-11-18(32)30-16-5-3-2-4-15(16)28/h2-7,9-10,12-13,19-20H,8,11H2,1H3,(H,30,32)/t12-,13-,19-,20+/m0/s1. The number of fused-ring (bicyclic) bond motifs is 5. The van der Waals surface area contributed by atoms with Crippen LogP contribution in [0.4, 0.5) is 10.1 Å². The molecule has 2 bridgehead atoms. The molecule has 4 atom stereocenters. The Hall–Kier alpha value is -3.24. The predicted octanol–water partition coefficient (Wildman–Crippen LogP) is 4.41. The van der Waals surface area contributed by atoms with Gasteiger partial charge in [-0.3, -0.25) is 14.4 Å². The van der Waals surface area contributed by atoms with Gasteiger partial charge in [0.05, 0.1) is 30.8 Å². The third-order valence-electron chi connectivity index (χ3n) is 6.63. The number of rotatable bonds is 7. The fraction of sp³-hybridized carbons (Fsp3) is 0.280. The van der Waals surface area contributed by atoms with E-state index >= 15 is 0 Å². The van der Waals surface area contributed by atoms with Gasteiger partial charge in [0, 0.05) is 10.0 Å². The first-order chi connectivity index (χ1) is 17.3. The minimum Gasteiger partial charge on any atom is -0.493 e. The Morgan fingerprint density at radius 3 is 2.56 bits per heavy atom. The van der Waals surface area contributed by atoms with Crippen LogP contribution in [0.25, 0.3) is 0 Å². The number of amides is 3. The number of allylic oxidation sites excluding steroid dienone is 2. The second-order valence-electron chi connectivity index (χ2n) is 8.67. The number of hydrogen-bond acceptors (Lipinski definition) is 6. The third-order valence-corrected chi connectivity index (χ3v) is 8.07. The van der Waals surface area contributed by atoms with Crippen LogP contribution < -0.4 is 14.8 Å². The van der Waals surface area contributed by atoms with Crippen LogP contribution >= 0.6 is 27.5 Å². The van der Waals surface area contributed by atoms with E-state index in [2.05, 4.69) is 26.3 Å². The minimum absolute atomic E-state index is 0.0239. The molecule has 3 amide bonds. The second kappa shape index (κ2) is 9.67. The van der Waals surface area contributed by atoms with Gasteiger partial charge in [0.2, 0.25) is 0 Å². The minimum atomic E-state index is -0.597. The summed E-state index contributed by atoms with van der Waals surface area (Å²) >= 11 is 9.84. The van der Waals surface area contributed by atoms with E-state index in [-0.39, 0.29) is 57.7 Å². The van der Waals surface area contributed by atoms with Gasteiger partial charge in [0.1, 0.15) is 10.8 Å². The average molecular weight is 577 g/mol. The molecule has 8 nitrogen and oxygen atoms in total. The molecule has 1 heterocycles. The van der Waals surface area contributed by atoms with Gasteiger partial charge in [-0.1, -0.05) is 35.9 Å². The van der Waals surface area contributed by atoms with Crippen molar-refractivity contribution >= 4 is 57.2 Å². The molecule has 2 aromatic carbocycles. The number of para-hydroxylation sites is 1. The van der Waals surface area contributed by atoms with Gasteiger partial charge in [0.15, 0.2) is 18.1 Å². The van der Waals surface area contributed by atoms with Gasteiger partial charge >= 0.3 is 0 Å². The number of nitrogens with zero attached hydrogens (tertiary/aromatic N) is 2. The molecule has 2 aliphatic carbocycles. The topological polar surface area (TPSA) is 97.3 Å².